The molecule has 0 spiro atoms. The average Bonchev–Trinajstić information content (AvgIpc) is 2.90. The highest BCUT2D eigenvalue weighted by molar-refractivity contribution is 9.10. The predicted molar refractivity (Wildman–Crippen MR) is 87.5 cm³/mol. The number of hydrogen-bond donors (Lipinski definition) is 1. The third-order valence-corrected chi connectivity index (χ3v) is 4.61. The van der Waals surface area contributed by atoms with Crippen LogP contribution in [0.15, 0.2) is 64.1 Å². The van der Waals surface area contributed by atoms with Gasteiger partial charge in [-0.1, -0.05) is 34.1 Å². The molecule has 0 atom stereocenters. The number of ketones is 1. The molecule has 20 heavy (non-hydrogen) atoms. The quantitative estimate of drug-likeness (QED) is 0.538. The molecular weight excluding hydrogens is 334 g/mol. The smallest absolute Gasteiger partial charge is 0.175 e. The Balaban J connectivity index is 1.75. The van der Waals surface area contributed by atoms with Gasteiger partial charge in [-0.15, -0.1) is 11.8 Å². The number of halogens is 1. The Labute approximate surface area is 129 Å². The van der Waals surface area contributed by atoms with Gasteiger partial charge in [-0.05, 0) is 30.3 Å². The molecule has 1 aromatic heterocycles. The van der Waals surface area contributed by atoms with Gasteiger partial charge in [-0.3, -0.25) is 4.79 Å². The fraction of sp³-hybridized carbons (Fsp3) is 0.0625. The summed E-state index contributed by atoms with van der Waals surface area (Å²) >= 11 is 4.96. The third-order valence-electron chi connectivity index (χ3n) is 3.07. The monoisotopic (exact) mass is 345 g/mol. The zero-order valence-corrected chi connectivity index (χ0v) is 13.0. The Kier molecular flexibility index (Phi) is 3.94. The number of Topliss-reactive ketones (excluding diaryl/α,β-unsaturated/α-hetero) is 1. The molecule has 3 rings (SSSR count). The summed E-state index contributed by atoms with van der Waals surface area (Å²) in [6.07, 6.45) is 1.80. The lowest BCUT2D eigenvalue weighted by Crippen LogP contribution is -2.01. The van der Waals surface area contributed by atoms with E-state index in [1.807, 2.05) is 48.5 Å². The van der Waals surface area contributed by atoms with Crippen LogP contribution in [0.1, 0.15) is 10.4 Å². The van der Waals surface area contributed by atoms with Crippen LogP contribution in [0.25, 0.3) is 10.9 Å². The van der Waals surface area contributed by atoms with Crippen molar-refractivity contribution < 1.29 is 4.79 Å². The van der Waals surface area contributed by atoms with Crippen molar-refractivity contribution in [2.45, 2.75) is 4.90 Å². The highest BCUT2D eigenvalue weighted by atomic mass is 79.9. The Hall–Kier alpha value is -1.52. The maximum atomic E-state index is 12.3. The number of H-pyrrole nitrogens is 1. The molecule has 0 unspecified atom stereocenters. The zero-order valence-electron chi connectivity index (χ0n) is 10.6. The Morgan fingerprint density at radius 1 is 1.10 bits per heavy atom. The maximum Gasteiger partial charge on any atom is 0.175 e. The van der Waals surface area contributed by atoms with Crippen molar-refractivity contribution >= 4 is 44.4 Å². The van der Waals surface area contributed by atoms with Crippen LogP contribution in [-0.4, -0.2) is 16.5 Å². The van der Waals surface area contributed by atoms with Gasteiger partial charge < -0.3 is 4.98 Å². The minimum absolute atomic E-state index is 0.148. The summed E-state index contributed by atoms with van der Waals surface area (Å²) in [5, 5.41) is 0.994. The summed E-state index contributed by atoms with van der Waals surface area (Å²) in [6, 6.07) is 15.9. The topological polar surface area (TPSA) is 32.9 Å². The maximum absolute atomic E-state index is 12.3. The summed E-state index contributed by atoms with van der Waals surface area (Å²) in [7, 11) is 0. The highest BCUT2D eigenvalue weighted by Gasteiger charge is 2.11. The number of hydrogen-bond acceptors (Lipinski definition) is 2. The number of fused-ring (bicyclic) bond motifs is 1. The Bertz CT molecular complexity index is 749. The van der Waals surface area contributed by atoms with E-state index in [4.69, 9.17) is 0 Å². The van der Waals surface area contributed by atoms with Crippen molar-refractivity contribution in [3.63, 3.8) is 0 Å². The average molecular weight is 346 g/mol. The number of benzene rings is 2. The normalized spacial score (nSPS) is 10.8. The van der Waals surface area contributed by atoms with Crippen molar-refractivity contribution in [1.82, 2.24) is 4.98 Å². The van der Waals surface area contributed by atoms with Crippen molar-refractivity contribution in [2.75, 3.05) is 5.75 Å². The molecule has 0 bridgehead atoms. The first-order valence-corrected chi connectivity index (χ1v) is 7.99. The van der Waals surface area contributed by atoms with E-state index in [9.17, 15) is 4.79 Å². The number of rotatable bonds is 4. The van der Waals surface area contributed by atoms with Gasteiger partial charge in [0.1, 0.15) is 0 Å². The first-order chi connectivity index (χ1) is 9.74. The molecule has 1 N–H and O–H groups in total. The first kappa shape index (κ1) is 13.5. The summed E-state index contributed by atoms with van der Waals surface area (Å²) in [5.41, 5.74) is 1.77. The highest BCUT2D eigenvalue weighted by Crippen LogP contribution is 2.24. The first-order valence-electron chi connectivity index (χ1n) is 6.22. The van der Waals surface area contributed by atoms with Crippen LogP contribution in [0.4, 0.5) is 0 Å². The van der Waals surface area contributed by atoms with E-state index < -0.39 is 0 Å². The van der Waals surface area contributed by atoms with Gasteiger partial charge >= 0.3 is 0 Å². The van der Waals surface area contributed by atoms with Crippen molar-refractivity contribution in [3.05, 3.63) is 64.8 Å². The molecule has 0 fully saturated rings. The molecule has 2 aromatic carbocycles. The summed E-state index contributed by atoms with van der Waals surface area (Å²) < 4.78 is 1.05. The van der Waals surface area contributed by atoms with Crippen molar-refractivity contribution in [2.24, 2.45) is 0 Å². The molecule has 2 nitrogen and oxygen atoms in total. The standard InChI is InChI=1S/C16H12BrNOS/c17-11-5-7-12(8-6-11)20-10-16(19)14-9-18-15-4-2-1-3-13(14)15/h1-9,18H,10H2. The molecule has 100 valence electrons. The van der Waals surface area contributed by atoms with E-state index >= 15 is 0 Å². The minimum atomic E-state index is 0.148. The molecular formula is C16H12BrNOS. The third kappa shape index (κ3) is 2.81. The number of aromatic amines is 1. The molecule has 0 aliphatic rings. The minimum Gasteiger partial charge on any atom is -0.360 e. The molecule has 4 heteroatoms. The SMILES string of the molecule is O=C(CSc1ccc(Br)cc1)c1c[nH]c2ccccc12. The molecule has 1 heterocycles. The molecule has 0 amide bonds. The van der Waals surface area contributed by atoms with E-state index in [2.05, 4.69) is 20.9 Å². The summed E-state index contributed by atoms with van der Waals surface area (Å²) in [4.78, 5) is 16.5. The lowest BCUT2D eigenvalue weighted by atomic mass is 10.1. The van der Waals surface area contributed by atoms with Gasteiger partial charge in [-0.25, -0.2) is 0 Å². The van der Waals surface area contributed by atoms with E-state index in [0.29, 0.717) is 5.75 Å². The van der Waals surface area contributed by atoms with Gasteiger partial charge in [-0.2, -0.15) is 0 Å². The lowest BCUT2D eigenvalue weighted by molar-refractivity contribution is 0.102. The van der Waals surface area contributed by atoms with E-state index in [1.165, 1.54) is 0 Å². The van der Waals surface area contributed by atoms with Crippen LogP contribution < -0.4 is 0 Å². The summed E-state index contributed by atoms with van der Waals surface area (Å²) in [6.45, 7) is 0. The van der Waals surface area contributed by atoms with Crippen LogP contribution in [0.5, 0.6) is 0 Å². The van der Waals surface area contributed by atoms with Crippen molar-refractivity contribution in [3.8, 4) is 0 Å². The number of thioether (sulfide) groups is 1. The number of para-hydroxylation sites is 1. The molecule has 0 radical (unpaired) electrons. The molecule has 0 aliphatic heterocycles. The Morgan fingerprint density at radius 3 is 2.65 bits per heavy atom. The number of carbonyl (C=O) groups excluding carboxylic acids is 1. The van der Waals surface area contributed by atoms with Crippen LogP contribution in [-0.2, 0) is 0 Å². The number of aromatic nitrogens is 1. The Morgan fingerprint density at radius 2 is 1.85 bits per heavy atom. The van der Waals surface area contributed by atoms with Crippen LogP contribution in [0, 0.1) is 0 Å². The fourth-order valence-corrected chi connectivity index (χ4v) is 3.11. The molecule has 0 aliphatic carbocycles. The van der Waals surface area contributed by atoms with E-state index in [-0.39, 0.29) is 5.78 Å². The molecule has 0 saturated heterocycles. The predicted octanol–water partition coefficient (Wildman–Crippen LogP) is 4.91. The summed E-state index contributed by atoms with van der Waals surface area (Å²) in [5.74, 6) is 0.596. The second kappa shape index (κ2) is 5.85. The fourth-order valence-electron chi connectivity index (χ4n) is 2.06. The molecule has 3 aromatic rings. The van der Waals surface area contributed by atoms with Gasteiger partial charge in [0, 0.05) is 32.0 Å². The second-order valence-corrected chi connectivity index (χ2v) is 6.38. The van der Waals surface area contributed by atoms with Crippen LogP contribution in [0.2, 0.25) is 0 Å². The van der Waals surface area contributed by atoms with Crippen LogP contribution in [0.3, 0.4) is 0 Å². The van der Waals surface area contributed by atoms with Crippen LogP contribution >= 0.6 is 27.7 Å². The van der Waals surface area contributed by atoms with Gasteiger partial charge in [0.2, 0.25) is 0 Å². The zero-order chi connectivity index (χ0) is 13.9. The lowest BCUT2D eigenvalue weighted by Gasteiger charge is -2.01. The van der Waals surface area contributed by atoms with Crippen molar-refractivity contribution in [1.29, 1.82) is 0 Å². The second-order valence-electron chi connectivity index (χ2n) is 4.41. The van der Waals surface area contributed by atoms with Gasteiger partial charge in [0.05, 0.1) is 5.75 Å². The van der Waals surface area contributed by atoms with Gasteiger partial charge in [0.15, 0.2) is 5.78 Å². The van der Waals surface area contributed by atoms with E-state index in [0.717, 1.165) is 25.8 Å². The number of nitrogens with one attached hydrogen (secondary N) is 1. The van der Waals surface area contributed by atoms with Gasteiger partial charge in [0.25, 0.3) is 0 Å². The van der Waals surface area contributed by atoms with E-state index in [1.54, 1.807) is 18.0 Å². The largest absolute Gasteiger partial charge is 0.360 e. The molecule has 0 saturated carbocycles. The number of carbonyl (C=O) groups is 1.